The third kappa shape index (κ3) is 1.48. The molecular weight excluding hydrogens is 176 g/mol. The highest BCUT2D eigenvalue weighted by atomic mass is 16.6. The first-order valence-corrected chi connectivity index (χ1v) is 4.10. The maximum absolute atomic E-state index is 9.36. The second kappa shape index (κ2) is 3.13. The molecule has 0 spiro atoms. The zero-order chi connectivity index (χ0) is 9.42. The third-order valence-corrected chi connectivity index (χ3v) is 2.26. The number of aliphatic hydroxyl groups excluding tert-OH is 1. The summed E-state index contributed by atoms with van der Waals surface area (Å²) in [6.45, 7) is 0.569. The van der Waals surface area contributed by atoms with E-state index in [0.717, 1.165) is 0 Å². The summed E-state index contributed by atoms with van der Waals surface area (Å²) < 4.78 is 15.5. The Kier molecular flexibility index (Phi) is 2.10. The Morgan fingerprint density at radius 2 is 2.08 bits per heavy atom. The van der Waals surface area contributed by atoms with Crippen LogP contribution < -0.4 is 5.73 Å². The first-order valence-electron chi connectivity index (χ1n) is 4.10. The topological polar surface area (TPSA) is 97.8 Å². The predicted octanol–water partition coefficient (Wildman–Crippen LogP) is -1.58. The van der Waals surface area contributed by atoms with Gasteiger partial charge >= 0.3 is 0 Å². The highest BCUT2D eigenvalue weighted by molar-refractivity contribution is 5.67. The molecule has 0 amide bonds. The minimum atomic E-state index is -0.592. The van der Waals surface area contributed by atoms with Crippen LogP contribution in [0.2, 0.25) is 0 Å². The van der Waals surface area contributed by atoms with Crippen LogP contribution in [-0.2, 0) is 14.2 Å². The fourth-order valence-corrected chi connectivity index (χ4v) is 1.71. The Morgan fingerprint density at radius 3 is 2.77 bits per heavy atom. The molecule has 2 saturated heterocycles. The van der Waals surface area contributed by atoms with E-state index in [4.69, 9.17) is 25.4 Å². The lowest BCUT2D eigenvalue weighted by Gasteiger charge is -2.15. The van der Waals surface area contributed by atoms with Gasteiger partial charge in [-0.1, -0.05) is 0 Å². The van der Waals surface area contributed by atoms with Gasteiger partial charge in [-0.25, -0.2) is 0 Å². The predicted molar refractivity (Wildman–Crippen MR) is 42.3 cm³/mol. The number of hydrogen-bond donors (Lipinski definition) is 3. The number of aliphatic hydroxyl groups is 1. The Balaban J connectivity index is 1.98. The molecule has 4 atom stereocenters. The largest absolute Gasteiger partial charge is 0.457 e. The molecule has 0 bridgehead atoms. The monoisotopic (exact) mass is 188 g/mol. The van der Waals surface area contributed by atoms with E-state index in [1.165, 1.54) is 0 Å². The van der Waals surface area contributed by atoms with Crippen molar-refractivity contribution in [3.8, 4) is 0 Å². The van der Waals surface area contributed by atoms with Gasteiger partial charge in [0.1, 0.15) is 18.3 Å². The zero-order valence-corrected chi connectivity index (χ0v) is 6.97. The molecule has 74 valence electrons. The van der Waals surface area contributed by atoms with Gasteiger partial charge in [-0.05, 0) is 0 Å². The van der Waals surface area contributed by atoms with E-state index in [2.05, 4.69) is 0 Å². The van der Waals surface area contributed by atoms with Gasteiger partial charge in [0.05, 0.1) is 13.2 Å². The van der Waals surface area contributed by atoms with Crippen LogP contribution in [-0.4, -0.2) is 48.8 Å². The molecule has 2 rings (SSSR count). The van der Waals surface area contributed by atoms with Crippen molar-refractivity contribution in [2.75, 3.05) is 13.2 Å². The maximum atomic E-state index is 9.36. The number of rotatable bonds is 1. The Bertz CT molecular complexity index is 223. The van der Waals surface area contributed by atoms with Crippen LogP contribution in [0, 0.1) is 5.41 Å². The molecule has 0 radical (unpaired) electrons. The van der Waals surface area contributed by atoms with E-state index >= 15 is 0 Å². The van der Waals surface area contributed by atoms with E-state index < -0.39 is 6.10 Å². The smallest absolute Gasteiger partial charge is 0.279 e. The molecule has 0 aromatic carbocycles. The van der Waals surface area contributed by atoms with Crippen molar-refractivity contribution >= 4 is 6.02 Å². The lowest BCUT2D eigenvalue weighted by Crippen LogP contribution is -2.35. The van der Waals surface area contributed by atoms with Gasteiger partial charge < -0.3 is 25.1 Å². The summed E-state index contributed by atoms with van der Waals surface area (Å²) in [6.07, 6.45) is -1.58. The Labute approximate surface area is 75.1 Å². The summed E-state index contributed by atoms with van der Waals surface area (Å²) in [5, 5.41) is 16.3. The number of ether oxygens (including phenoxy) is 3. The second-order valence-corrected chi connectivity index (χ2v) is 3.18. The van der Waals surface area contributed by atoms with Gasteiger partial charge in [-0.2, -0.15) is 0 Å². The summed E-state index contributed by atoms with van der Waals surface area (Å²) in [5.41, 5.74) is 5.08. The molecule has 2 heterocycles. The van der Waals surface area contributed by atoms with Crippen molar-refractivity contribution in [1.29, 1.82) is 5.41 Å². The number of fused-ring (bicyclic) bond motifs is 1. The first-order chi connectivity index (χ1) is 6.18. The number of amidine groups is 1. The van der Waals surface area contributed by atoms with Gasteiger partial charge in [-0.15, -0.1) is 0 Å². The SMILES string of the molecule is N=C(N)OC1COC2C(O)COC12. The number of nitrogens with one attached hydrogen (secondary N) is 1. The van der Waals surface area contributed by atoms with Gasteiger partial charge in [0.25, 0.3) is 6.02 Å². The average molecular weight is 188 g/mol. The molecule has 4 unspecified atom stereocenters. The van der Waals surface area contributed by atoms with Gasteiger partial charge in [0.15, 0.2) is 6.10 Å². The highest BCUT2D eigenvalue weighted by Gasteiger charge is 2.48. The normalized spacial score (nSPS) is 43.2. The van der Waals surface area contributed by atoms with Crippen molar-refractivity contribution in [3.05, 3.63) is 0 Å². The molecular formula is C7H12N2O4. The van der Waals surface area contributed by atoms with Crippen molar-refractivity contribution in [2.45, 2.75) is 24.4 Å². The summed E-state index contributed by atoms with van der Waals surface area (Å²) in [4.78, 5) is 0. The van der Waals surface area contributed by atoms with Crippen LogP contribution >= 0.6 is 0 Å². The standard InChI is InChI=1S/C7H12N2O4/c8-7(9)13-4-2-12-5-3(10)1-11-6(4)5/h3-6,10H,1-2H2,(H3,8,9). The summed E-state index contributed by atoms with van der Waals surface area (Å²) in [5.74, 6) is 0. The molecule has 6 nitrogen and oxygen atoms in total. The summed E-state index contributed by atoms with van der Waals surface area (Å²) in [6, 6.07) is -0.348. The molecule has 0 aliphatic carbocycles. The third-order valence-electron chi connectivity index (χ3n) is 2.26. The molecule has 0 aromatic heterocycles. The molecule has 6 heteroatoms. The van der Waals surface area contributed by atoms with E-state index in [9.17, 15) is 5.11 Å². The van der Waals surface area contributed by atoms with Crippen LogP contribution in [0.3, 0.4) is 0 Å². The summed E-state index contributed by atoms with van der Waals surface area (Å²) >= 11 is 0. The van der Waals surface area contributed by atoms with E-state index in [1.54, 1.807) is 0 Å². The Hall–Kier alpha value is -0.850. The lowest BCUT2D eigenvalue weighted by atomic mass is 10.1. The Morgan fingerprint density at radius 1 is 1.38 bits per heavy atom. The van der Waals surface area contributed by atoms with Gasteiger partial charge in [0, 0.05) is 0 Å². The van der Waals surface area contributed by atoms with Crippen LogP contribution in [0.25, 0.3) is 0 Å². The molecule has 2 aliphatic heterocycles. The first kappa shape index (κ1) is 8.74. The average Bonchev–Trinajstić information content (AvgIpc) is 2.56. The van der Waals surface area contributed by atoms with Gasteiger partial charge in [0.2, 0.25) is 0 Å². The number of nitrogens with two attached hydrogens (primary N) is 1. The van der Waals surface area contributed by atoms with E-state index in [1.807, 2.05) is 0 Å². The summed E-state index contributed by atoms with van der Waals surface area (Å²) in [7, 11) is 0. The van der Waals surface area contributed by atoms with Crippen molar-refractivity contribution in [1.82, 2.24) is 0 Å². The van der Waals surface area contributed by atoms with Crippen molar-refractivity contribution < 1.29 is 19.3 Å². The molecule has 2 aliphatic rings. The van der Waals surface area contributed by atoms with Crippen LogP contribution in [0.15, 0.2) is 0 Å². The number of hydrogen-bond acceptors (Lipinski definition) is 5. The molecule has 0 saturated carbocycles. The van der Waals surface area contributed by atoms with Crippen LogP contribution in [0.5, 0.6) is 0 Å². The van der Waals surface area contributed by atoms with Crippen molar-refractivity contribution in [3.63, 3.8) is 0 Å². The molecule has 2 fully saturated rings. The minimum Gasteiger partial charge on any atom is -0.457 e. The van der Waals surface area contributed by atoms with Crippen molar-refractivity contribution in [2.24, 2.45) is 5.73 Å². The molecule has 4 N–H and O–H groups in total. The second-order valence-electron chi connectivity index (χ2n) is 3.18. The molecule has 0 aromatic rings. The fraction of sp³-hybridized carbons (Fsp3) is 0.857. The quantitative estimate of drug-likeness (QED) is 0.341. The molecule has 13 heavy (non-hydrogen) atoms. The van der Waals surface area contributed by atoms with E-state index in [0.29, 0.717) is 6.61 Å². The van der Waals surface area contributed by atoms with Gasteiger partial charge in [-0.3, -0.25) is 5.41 Å². The fourth-order valence-electron chi connectivity index (χ4n) is 1.71. The van der Waals surface area contributed by atoms with Crippen LogP contribution in [0.1, 0.15) is 0 Å². The highest BCUT2D eigenvalue weighted by Crippen LogP contribution is 2.28. The maximum Gasteiger partial charge on any atom is 0.279 e. The minimum absolute atomic E-state index is 0.257. The van der Waals surface area contributed by atoms with Crippen LogP contribution in [0.4, 0.5) is 0 Å². The zero-order valence-electron chi connectivity index (χ0n) is 6.97. The lowest BCUT2D eigenvalue weighted by molar-refractivity contribution is 0.00530. The van der Waals surface area contributed by atoms with E-state index in [-0.39, 0.29) is 30.9 Å².